The molecule has 1 aromatic heterocycles. The van der Waals surface area contributed by atoms with Crippen LogP contribution in [0.5, 0.6) is 0 Å². The number of amides is 1. The topological polar surface area (TPSA) is 20.3 Å². The molecule has 0 aliphatic carbocycles. The smallest absolute Gasteiger partial charge is 0.223 e. The molecule has 0 saturated carbocycles. The molecule has 82 valence electrons. The van der Waals surface area contributed by atoms with Gasteiger partial charge >= 0.3 is 0 Å². The highest BCUT2D eigenvalue weighted by Crippen LogP contribution is 2.40. The van der Waals surface area contributed by atoms with E-state index in [1.54, 1.807) is 11.3 Å². The van der Waals surface area contributed by atoms with Gasteiger partial charge in [-0.2, -0.15) is 0 Å². The number of nitrogens with zero attached hydrogens (tertiary/aromatic N) is 1. The van der Waals surface area contributed by atoms with Crippen molar-refractivity contribution in [2.24, 2.45) is 0 Å². The summed E-state index contributed by atoms with van der Waals surface area (Å²) in [6.07, 6.45) is 0.613. The Morgan fingerprint density at radius 3 is 3.00 bits per heavy atom. The maximum atomic E-state index is 11.7. The van der Waals surface area contributed by atoms with E-state index >= 15 is 0 Å². The second-order valence-electron chi connectivity index (χ2n) is 3.61. The van der Waals surface area contributed by atoms with E-state index < -0.39 is 0 Å². The van der Waals surface area contributed by atoms with Crippen LogP contribution in [0, 0.1) is 6.92 Å². The standard InChI is InChI=1S/C11H15NOS2/c1-3-10(13)12-6-7-14-11(12)9-5-4-8(2)15-9/h4-5,11H,3,6-7H2,1-2H3. The monoisotopic (exact) mass is 241 g/mol. The first kappa shape index (κ1) is 11.0. The lowest BCUT2D eigenvalue weighted by Gasteiger charge is -2.22. The number of rotatable bonds is 2. The van der Waals surface area contributed by atoms with Gasteiger partial charge in [0.05, 0.1) is 0 Å². The Morgan fingerprint density at radius 2 is 2.40 bits per heavy atom. The minimum absolute atomic E-state index is 0.274. The third-order valence-corrected chi connectivity index (χ3v) is 4.96. The van der Waals surface area contributed by atoms with Gasteiger partial charge in [-0.15, -0.1) is 23.1 Å². The molecule has 1 atom stereocenters. The molecule has 1 amide bonds. The van der Waals surface area contributed by atoms with Crippen molar-refractivity contribution in [2.45, 2.75) is 25.6 Å². The van der Waals surface area contributed by atoms with Crippen molar-refractivity contribution in [3.8, 4) is 0 Å². The molecule has 0 spiro atoms. The van der Waals surface area contributed by atoms with Gasteiger partial charge in [0.2, 0.25) is 5.91 Å². The highest BCUT2D eigenvalue weighted by Gasteiger charge is 2.30. The number of thioether (sulfide) groups is 1. The Morgan fingerprint density at radius 1 is 1.60 bits per heavy atom. The maximum absolute atomic E-state index is 11.7. The average molecular weight is 241 g/mol. The van der Waals surface area contributed by atoms with E-state index in [0.717, 1.165) is 12.3 Å². The number of thiophene rings is 1. The first-order valence-corrected chi connectivity index (χ1v) is 7.06. The molecule has 15 heavy (non-hydrogen) atoms. The van der Waals surface area contributed by atoms with Crippen LogP contribution in [0.2, 0.25) is 0 Å². The van der Waals surface area contributed by atoms with E-state index in [9.17, 15) is 4.79 Å². The number of carbonyl (C=O) groups is 1. The Bertz CT molecular complexity index is 361. The van der Waals surface area contributed by atoms with Crippen molar-refractivity contribution >= 4 is 29.0 Å². The summed E-state index contributed by atoms with van der Waals surface area (Å²) in [6.45, 7) is 4.95. The molecule has 0 N–H and O–H groups in total. The summed E-state index contributed by atoms with van der Waals surface area (Å²) in [5.41, 5.74) is 0. The molecule has 1 fully saturated rings. The van der Waals surface area contributed by atoms with Crippen LogP contribution in [0.4, 0.5) is 0 Å². The van der Waals surface area contributed by atoms with Crippen LogP contribution in [0.1, 0.15) is 28.5 Å². The number of aryl methyl sites for hydroxylation is 1. The third kappa shape index (κ3) is 2.21. The lowest BCUT2D eigenvalue weighted by atomic mass is 10.3. The molecular weight excluding hydrogens is 226 g/mol. The largest absolute Gasteiger partial charge is 0.325 e. The first-order chi connectivity index (χ1) is 7.22. The lowest BCUT2D eigenvalue weighted by Crippen LogP contribution is -2.29. The van der Waals surface area contributed by atoms with E-state index in [1.807, 2.05) is 23.6 Å². The minimum atomic E-state index is 0.274. The second-order valence-corrected chi connectivity index (χ2v) is 6.12. The predicted molar refractivity (Wildman–Crippen MR) is 66.3 cm³/mol. The average Bonchev–Trinajstić information content (AvgIpc) is 2.84. The molecule has 0 radical (unpaired) electrons. The zero-order valence-electron chi connectivity index (χ0n) is 9.03. The Labute approximate surface area is 98.7 Å². The molecule has 0 aromatic carbocycles. The molecule has 0 bridgehead atoms. The predicted octanol–water partition coefficient (Wildman–Crippen LogP) is 3.04. The molecule has 1 aliphatic heterocycles. The van der Waals surface area contributed by atoms with Gasteiger partial charge in [-0.25, -0.2) is 0 Å². The fourth-order valence-corrected chi connectivity index (χ4v) is 4.14. The summed E-state index contributed by atoms with van der Waals surface area (Å²) in [5.74, 6) is 1.34. The molecule has 1 unspecified atom stereocenters. The zero-order chi connectivity index (χ0) is 10.8. The van der Waals surface area contributed by atoms with E-state index in [1.165, 1.54) is 9.75 Å². The van der Waals surface area contributed by atoms with Gasteiger partial charge in [0.15, 0.2) is 0 Å². The summed E-state index contributed by atoms with van der Waals surface area (Å²) in [5, 5.41) is 0.274. The quantitative estimate of drug-likeness (QED) is 0.793. The van der Waals surface area contributed by atoms with E-state index in [4.69, 9.17) is 0 Å². The fourth-order valence-electron chi connectivity index (χ4n) is 1.75. The van der Waals surface area contributed by atoms with Crippen molar-refractivity contribution < 1.29 is 4.79 Å². The zero-order valence-corrected chi connectivity index (χ0v) is 10.7. The van der Waals surface area contributed by atoms with Gasteiger partial charge in [0.25, 0.3) is 0 Å². The first-order valence-electron chi connectivity index (χ1n) is 5.19. The highest BCUT2D eigenvalue weighted by molar-refractivity contribution is 7.99. The summed E-state index contributed by atoms with van der Waals surface area (Å²) in [4.78, 5) is 16.4. The Hall–Kier alpha value is -0.480. The maximum Gasteiger partial charge on any atom is 0.223 e. The van der Waals surface area contributed by atoms with E-state index in [0.29, 0.717) is 6.42 Å². The number of hydrogen-bond acceptors (Lipinski definition) is 3. The molecule has 2 rings (SSSR count). The normalized spacial score (nSPS) is 20.9. The van der Waals surface area contributed by atoms with Crippen LogP contribution in [0.15, 0.2) is 12.1 Å². The van der Waals surface area contributed by atoms with Crippen LogP contribution < -0.4 is 0 Å². The third-order valence-electron chi connectivity index (χ3n) is 2.52. The fraction of sp³-hybridized carbons (Fsp3) is 0.545. The Balaban J connectivity index is 2.18. The van der Waals surface area contributed by atoms with Crippen LogP contribution in [-0.2, 0) is 4.79 Å². The SMILES string of the molecule is CCC(=O)N1CCSC1c1ccc(C)s1. The van der Waals surface area contributed by atoms with E-state index in [-0.39, 0.29) is 11.3 Å². The highest BCUT2D eigenvalue weighted by atomic mass is 32.2. The van der Waals surface area contributed by atoms with Crippen molar-refractivity contribution in [3.05, 3.63) is 21.9 Å². The molecule has 1 aliphatic rings. The van der Waals surface area contributed by atoms with Crippen molar-refractivity contribution in [1.82, 2.24) is 4.90 Å². The van der Waals surface area contributed by atoms with E-state index in [2.05, 4.69) is 19.1 Å². The van der Waals surface area contributed by atoms with Gasteiger partial charge in [0.1, 0.15) is 5.37 Å². The molecule has 2 heterocycles. The summed E-state index contributed by atoms with van der Waals surface area (Å²) < 4.78 is 0. The second kappa shape index (κ2) is 4.58. The van der Waals surface area contributed by atoms with Crippen molar-refractivity contribution in [2.75, 3.05) is 12.3 Å². The van der Waals surface area contributed by atoms with Crippen molar-refractivity contribution in [3.63, 3.8) is 0 Å². The molecule has 1 saturated heterocycles. The molecule has 4 heteroatoms. The molecule has 2 nitrogen and oxygen atoms in total. The molecular formula is C11H15NOS2. The van der Waals surface area contributed by atoms with Crippen LogP contribution in [-0.4, -0.2) is 23.1 Å². The van der Waals surface area contributed by atoms with Gasteiger partial charge in [-0.3, -0.25) is 4.79 Å². The van der Waals surface area contributed by atoms with Crippen LogP contribution in [0.25, 0.3) is 0 Å². The van der Waals surface area contributed by atoms with Crippen LogP contribution >= 0.6 is 23.1 Å². The van der Waals surface area contributed by atoms with Crippen molar-refractivity contribution in [1.29, 1.82) is 0 Å². The molecule has 1 aromatic rings. The van der Waals surface area contributed by atoms with Gasteiger partial charge in [-0.05, 0) is 19.1 Å². The number of hydrogen-bond donors (Lipinski definition) is 0. The minimum Gasteiger partial charge on any atom is -0.325 e. The Kier molecular flexibility index (Phi) is 3.36. The summed E-state index contributed by atoms with van der Waals surface area (Å²) in [6, 6.07) is 4.28. The van der Waals surface area contributed by atoms with Gasteiger partial charge in [0, 0.05) is 28.5 Å². The number of carbonyl (C=O) groups excluding carboxylic acids is 1. The summed E-state index contributed by atoms with van der Waals surface area (Å²) in [7, 11) is 0. The lowest BCUT2D eigenvalue weighted by molar-refractivity contribution is -0.130. The summed E-state index contributed by atoms with van der Waals surface area (Å²) >= 11 is 3.68. The van der Waals surface area contributed by atoms with Gasteiger partial charge < -0.3 is 4.90 Å². The van der Waals surface area contributed by atoms with Crippen LogP contribution in [0.3, 0.4) is 0 Å². The van der Waals surface area contributed by atoms with Gasteiger partial charge in [-0.1, -0.05) is 6.92 Å².